The molecule has 9 rings (SSSR count). The molecular formula is C36H26BNO. The first kappa shape index (κ1) is 21.4. The Balaban J connectivity index is 1.36. The lowest BCUT2D eigenvalue weighted by molar-refractivity contribution is 0.489. The van der Waals surface area contributed by atoms with E-state index in [0.717, 1.165) is 24.3 Å². The van der Waals surface area contributed by atoms with Crippen LogP contribution in [0, 0.1) is 0 Å². The molecule has 3 heteroatoms. The summed E-state index contributed by atoms with van der Waals surface area (Å²) in [7, 11) is 0. The zero-order valence-corrected chi connectivity index (χ0v) is 21.5. The standard InChI is InChI=1S/C36H26BNO/c1-3-11-23(12-4-1)25-19-20-31-27(21-25)28-22-26(24-13-5-2-6-14-24)36-34-35(28)38(31)32-17-9-7-15-29(32)37(34)30-16-8-10-18-33(30)39-36/h1-6,8-14,16-22,27,31H,7,15H2. The van der Waals surface area contributed by atoms with E-state index in [-0.39, 0.29) is 18.7 Å². The van der Waals surface area contributed by atoms with Gasteiger partial charge in [-0.25, -0.2) is 0 Å². The van der Waals surface area contributed by atoms with Crippen molar-refractivity contribution in [2.75, 3.05) is 4.90 Å². The number of nitrogens with zero attached hydrogens (tertiary/aromatic N) is 1. The van der Waals surface area contributed by atoms with Gasteiger partial charge in [0.25, 0.3) is 6.71 Å². The molecule has 0 radical (unpaired) electrons. The minimum atomic E-state index is 0.222. The van der Waals surface area contributed by atoms with Crippen LogP contribution in [0.25, 0.3) is 16.7 Å². The average molecular weight is 499 g/mol. The SMILES string of the molecule is C1=CC2=C(CC1)B1c3ccccc3Oc3c(-c4ccccc4)cc4c(c31)N2C1C=CC(c2ccccc2)=CC41. The number of hydrogen-bond donors (Lipinski definition) is 0. The highest BCUT2D eigenvalue weighted by molar-refractivity contribution is 6.94. The molecule has 0 fully saturated rings. The van der Waals surface area contributed by atoms with E-state index in [0.29, 0.717) is 0 Å². The number of allylic oxidation sites excluding steroid dienone is 5. The van der Waals surface area contributed by atoms with Crippen molar-refractivity contribution in [1.29, 1.82) is 0 Å². The van der Waals surface area contributed by atoms with Crippen LogP contribution in [0.4, 0.5) is 5.69 Å². The molecule has 39 heavy (non-hydrogen) atoms. The first-order valence-electron chi connectivity index (χ1n) is 14.0. The second-order valence-corrected chi connectivity index (χ2v) is 11.1. The molecule has 2 atom stereocenters. The summed E-state index contributed by atoms with van der Waals surface area (Å²) < 4.78 is 6.86. The average Bonchev–Trinajstić information content (AvgIpc) is 3.34. The molecule has 2 unspecified atom stereocenters. The highest BCUT2D eigenvalue weighted by Crippen LogP contribution is 2.54. The Bertz CT molecular complexity index is 1800. The van der Waals surface area contributed by atoms with Crippen molar-refractivity contribution in [3.8, 4) is 22.6 Å². The van der Waals surface area contributed by atoms with E-state index >= 15 is 0 Å². The summed E-state index contributed by atoms with van der Waals surface area (Å²) in [5.74, 6) is 2.29. The van der Waals surface area contributed by atoms with Gasteiger partial charge in [-0.05, 0) is 64.2 Å². The summed E-state index contributed by atoms with van der Waals surface area (Å²) in [5, 5.41) is 0. The van der Waals surface area contributed by atoms with Crippen LogP contribution >= 0.6 is 0 Å². The number of ether oxygens (including phenoxy) is 1. The molecule has 3 heterocycles. The maximum absolute atomic E-state index is 6.86. The Morgan fingerprint density at radius 3 is 2.44 bits per heavy atom. The third kappa shape index (κ3) is 2.93. The van der Waals surface area contributed by atoms with Crippen LogP contribution in [-0.4, -0.2) is 12.8 Å². The maximum Gasteiger partial charge on any atom is 0.251 e. The van der Waals surface area contributed by atoms with Crippen LogP contribution < -0.4 is 20.6 Å². The van der Waals surface area contributed by atoms with Gasteiger partial charge >= 0.3 is 0 Å². The maximum atomic E-state index is 6.86. The predicted octanol–water partition coefficient (Wildman–Crippen LogP) is 7.15. The Morgan fingerprint density at radius 2 is 1.59 bits per heavy atom. The Morgan fingerprint density at radius 1 is 0.821 bits per heavy atom. The van der Waals surface area contributed by atoms with Crippen LogP contribution in [-0.2, 0) is 0 Å². The van der Waals surface area contributed by atoms with Crippen molar-refractivity contribution in [2.45, 2.75) is 24.8 Å². The Hall–Kier alpha value is -4.50. The molecule has 3 aliphatic heterocycles. The first-order valence-corrected chi connectivity index (χ1v) is 14.0. The van der Waals surface area contributed by atoms with Crippen molar-refractivity contribution < 1.29 is 4.74 Å². The fourth-order valence-electron chi connectivity index (χ4n) is 7.51. The lowest BCUT2D eigenvalue weighted by atomic mass is 9.32. The van der Waals surface area contributed by atoms with E-state index in [9.17, 15) is 0 Å². The Kier molecular flexibility index (Phi) is 4.40. The zero-order valence-electron chi connectivity index (χ0n) is 21.5. The van der Waals surface area contributed by atoms with E-state index in [1.165, 1.54) is 55.6 Å². The summed E-state index contributed by atoms with van der Waals surface area (Å²) in [4.78, 5) is 2.64. The van der Waals surface area contributed by atoms with Gasteiger partial charge in [-0.2, -0.15) is 0 Å². The topological polar surface area (TPSA) is 12.5 Å². The van der Waals surface area contributed by atoms with E-state index in [4.69, 9.17) is 4.74 Å². The molecule has 5 aliphatic rings. The summed E-state index contributed by atoms with van der Waals surface area (Å²) >= 11 is 0. The molecule has 0 aromatic heterocycles. The van der Waals surface area contributed by atoms with Crippen molar-refractivity contribution >= 4 is 28.9 Å². The number of benzene rings is 4. The van der Waals surface area contributed by atoms with E-state index in [1.54, 1.807) is 0 Å². The second kappa shape index (κ2) is 8.00. The molecule has 2 nitrogen and oxygen atoms in total. The predicted molar refractivity (Wildman–Crippen MR) is 161 cm³/mol. The third-order valence-corrected chi connectivity index (χ3v) is 9.13. The quantitative estimate of drug-likeness (QED) is 0.272. The molecule has 0 N–H and O–H groups in total. The van der Waals surface area contributed by atoms with Gasteiger partial charge in [0.15, 0.2) is 0 Å². The highest BCUT2D eigenvalue weighted by Gasteiger charge is 2.50. The van der Waals surface area contributed by atoms with E-state index < -0.39 is 0 Å². The van der Waals surface area contributed by atoms with Crippen molar-refractivity contribution in [3.05, 3.63) is 144 Å². The van der Waals surface area contributed by atoms with E-state index in [2.05, 4.69) is 126 Å². The van der Waals surface area contributed by atoms with Gasteiger partial charge in [0, 0.05) is 22.9 Å². The molecule has 0 amide bonds. The monoisotopic (exact) mass is 499 g/mol. The van der Waals surface area contributed by atoms with Crippen LogP contribution in [0.1, 0.15) is 29.9 Å². The summed E-state index contributed by atoms with van der Waals surface area (Å²) in [6, 6.07) is 33.0. The van der Waals surface area contributed by atoms with Gasteiger partial charge in [0.05, 0.1) is 6.04 Å². The lowest BCUT2D eigenvalue weighted by Crippen LogP contribution is -2.55. The van der Waals surface area contributed by atoms with Crippen LogP contribution in [0.2, 0.25) is 0 Å². The molecule has 0 spiro atoms. The minimum absolute atomic E-state index is 0.222. The van der Waals surface area contributed by atoms with Crippen molar-refractivity contribution in [2.24, 2.45) is 0 Å². The molecule has 0 saturated carbocycles. The zero-order chi connectivity index (χ0) is 25.5. The minimum Gasteiger partial charge on any atom is -0.458 e. The van der Waals surface area contributed by atoms with Crippen LogP contribution in [0.15, 0.2) is 133 Å². The molecule has 184 valence electrons. The van der Waals surface area contributed by atoms with E-state index in [1.807, 2.05) is 0 Å². The molecule has 4 aromatic carbocycles. The van der Waals surface area contributed by atoms with Gasteiger partial charge in [0.1, 0.15) is 11.5 Å². The number of para-hydroxylation sites is 1. The Labute approximate surface area is 229 Å². The molecule has 0 saturated heterocycles. The number of hydrogen-bond acceptors (Lipinski definition) is 2. The van der Waals surface area contributed by atoms with Crippen molar-refractivity contribution in [1.82, 2.24) is 0 Å². The van der Waals surface area contributed by atoms with Gasteiger partial charge < -0.3 is 9.64 Å². The smallest absolute Gasteiger partial charge is 0.251 e. The highest BCUT2D eigenvalue weighted by atomic mass is 16.5. The summed E-state index contributed by atoms with van der Waals surface area (Å²) in [6.07, 6.45) is 14.2. The number of rotatable bonds is 2. The lowest BCUT2D eigenvalue weighted by Gasteiger charge is -2.42. The fraction of sp³-hybridized carbons (Fsp3) is 0.111. The van der Waals surface area contributed by atoms with Gasteiger partial charge in [-0.15, -0.1) is 0 Å². The fourth-order valence-corrected chi connectivity index (χ4v) is 7.51. The second-order valence-electron chi connectivity index (χ2n) is 11.1. The molecule has 2 aliphatic carbocycles. The van der Waals surface area contributed by atoms with Gasteiger partial charge in [0.2, 0.25) is 0 Å². The number of fused-ring (bicyclic) bond motifs is 7. The van der Waals surface area contributed by atoms with Gasteiger partial charge in [-0.3, -0.25) is 0 Å². The molecule has 4 aromatic rings. The molecule has 0 bridgehead atoms. The largest absolute Gasteiger partial charge is 0.458 e. The first-order chi connectivity index (χ1) is 19.4. The van der Waals surface area contributed by atoms with Gasteiger partial charge in [-0.1, -0.05) is 109 Å². The molecular weight excluding hydrogens is 473 g/mol. The number of anilines is 1. The van der Waals surface area contributed by atoms with Crippen LogP contribution in [0.3, 0.4) is 0 Å². The summed E-state index contributed by atoms with van der Waals surface area (Å²) in [5.41, 5.74) is 13.3. The summed E-state index contributed by atoms with van der Waals surface area (Å²) in [6.45, 7) is 0.222. The van der Waals surface area contributed by atoms with Crippen molar-refractivity contribution in [3.63, 3.8) is 0 Å². The normalized spacial score (nSPS) is 21.1. The third-order valence-electron chi connectivity index (χ3n) is 9.13. The van der Waals surface area contributed by atoms with Crippen LogP contribution in [0.5, 0.6) is 11.5 Å².